The molecule has 1 aromatic heterocycles. The molecule has 1 heterocycles. The lowest BCUT2D eigenvalue weighted by Gasteiger charge is -2.14. The van der Waals surface area contributed by atoms with Crippen molar-refractivity contribution < 1.29 is 46.2 Å². The number of alkyl halides is 3. The summed E-state index contributed by atoms with van der Waals surface area (Å²) in [6, 6.07) is 14.2. The molecule has 2 N–H and O–H groups in total. The third kappa shape index (κ3) is 5.32. The van der Waals surface area contributed by atoms with E-state index in [0.29, 0.717) is 5.75 Å². The molecule has 0 fully saturated rings. The van der Waals surface area contributed by atoms with E-state index in [2.05, 4.69) is 0 Å². The second kappa shape index (κ2) is 9.10. The number of hydrogen-bond acceptors (Lipinski definition) is 6. The number of hydrogen-bond donors (Lipinski definition) is 2. The van der Waals surface area contributed by atoms with Crippen molar-refractivity contribution in [2.75, 3.05) is 7.11 Å². The molecule has 4 rings (SSSR count). The smallest absolute Gasteiger partial charge is 0.453 e. The lowest BCUT2D eigenvalue weighted by atomic mass is 10.2. The minimum Gasteiger partial charge on any atom is -0.497 e. The maximum absolute atomic E-state index is 13.7. The quantitative estimate of drug-likeness (QED) is 0.341. The van der Waals surface area contributed by atoms with Gasteiger partial charge in [0.1, 0.15) is 28.6 Å². The van der Waals surface area contributed by atoms with Crippen molar-refractivity contribution in [3.63, 3.8) is 0 Å². The summed E-state index contributed by atoms with van der Waals surface area (Å²) in [6.45, 7) is 0. The highest BCUT2D eigenvalue weighted by atomic mass is 31.2. The molecule has 182 valence electrons. The summed E-state index contributed by atoms with van der Waals surface area (Å²) in [5, 5.41) is -0.500. The van der Waals surface area contributed by atoms with Crippen LogP contribution in [0.4, 0.5) is 13.2 Å². The van der Waals surface area contributed by atoms with Gasteiger partial charge in [0, 0.05) is 6.07 Å². The molecule has 0 bridgehead atoms. The van der Waals surface area contributed by atoms with Crippen LogP contribution < -0.4 is 24.9 Å². The van der Waals surface area contributed by atoms with Crippen LogP contribution in [0.2, 0.25) is 0 Å². The topological polar surface area (TPSA) is 115 Å². The Morgan fingerprint density at radius 1 is 0.857 bits per heavy atom. The van der Waals surface area contributed by atoms with E-state index in [1.807, 2.05) is 0 Å². The maximum atomic E-state index is 13.7. The van der Waals surface area contributed by atoms with Gasteiger partial charge in [-0.1, -0.05) is 6.07 Å². The lowest BCUT2D eigenvalue weighted by Crippen LogP contribution is -2.15. The molecule has 0 amide bonds. The van der Waals surface area contributed by atoms with Gasteiger partial charge in [0.15, 0.2) is 0 Å². The molecular formula is C23H16F3O8P. The molecule has 0 unspecified atom stereocenters. The predicted octanol–water partition coefficient (Wildman–Crippen LogP) is 5.21. The van der Waals surface area contributed by atoms with Gasteiger partial charge in [-0.05, 0) is 54.6 Å². The van der Waals surface area contributed by atoms with E-state index in [4.69, 9.17) is 18.6 Å². The fourth-order valence-electron chi connectivity index (χ4n) is 3.13. The van der Waals surface area contributed by atoms with Crippen molar-refractivity contribution in [3.8, 4) is 28.7 Å². The number of halogens is 3. The summed E-state index contributed by atoms with van der Waals surface area (Å²) in [6.07, 6.45) is -5.05. The predicted molar refractivity (Wildman–Crippen MR) is 119 cm³/mol. The first kappa shape index (κ1) is 24.3. The SMILES string of the molecule is COc1ccc(Oc2c(C(F)(F)F)oc3cc(Oc4cccc(P(=O)(O)O)c4)ccc3c2=O)cc1. The van der Waals surface area contributed by atoms with E-state index in [1.165, 1.54) is 61.7 Å². The summed E-state index contributed by atoms with van der Waals surface area (Å²) < 4.78 is 73.5. The van der Waals surface area contributed by atoms with Crippen molar-refractivity contribution in [3.05, 3.63) is 82.7 Å². The first-order chi connectivity index (χ1) is 16.5. The Morgan fingerprint density at radius 3 is 2.11 bits per heavy atom. The Kier molecular flexibility index (Phi) is 6.33. The Bertz CT molecular complexity index is 1490. The van der Waals surface area contributed by atoms with E-state index < -0.39 is 36.3 Å². The van der Waals surface area contributed by atoms with Gasteiger partial charge in [-0.15, -0.1) is 0 Å². The summed E-state index contributed by atoms with van der Waals surface area (Å²) >= 11 is 0. The standard InChI is InChI=1S/C23H16F3O8P/c1-31-13-5-7-14(8-6-13)33-21-20(27)18-10-9-16(12-19(18)34-22(21)23(24,25)26)32-15-3-2-4-17(11-15)35(28,29)30/h2-12H,1H3,(H2,28,29,30). The van der Waals surface area contributed by atoms with E-state index in [-0.39, 0.29) is 27.9 Å². The van der Waals surface area contributed by atoms with Crippen LogP contribution in [-0.4, -0.2) is 16.9 Å². The van der Waals surface area contributed by atoms with Crippen molar-refractivity contribution in [1.29, 1.82) is 0 Å². The molecule has 0 spiro atoms. The van der Waals surface area contributed by atoms with Gasteiger partial charge in [0.25, 0.3) is 5.76 Å². The van der Waals surface area contributed by atoms with E-state index >= 15 is 0 Å². The van der Waals surface area contributed by atoms with Crippen LogP contribution in [-0.2, 0) is 10.7 Å². The van der Waals surface area contributed by atoms with Crippen LogP contribution in [0.15, 0.2) is 75.9 Å². The van der Waals surface area contributed by atoms with Gasteiger partial charge in [0.2, 0.25) is 11.2 Å². The summed E-state index contributed by atoms with van der Waals surface area (Å²) in [5.41, 5.74) is -1.47. The van der Waals surface area contributed by atoms with Crippen LogP contribution in [0.3, 0.4) is 0 Å². The molecule has 0 aliphatic rings. The molecule has 3 aromatic carbocycles. The van der Waals surface area contributed by atoms with Crippen LogP contribution >= 0.6 is 7.60 Å². The van der Waals surface area contributed by atoms with E-state index in [0.717, 1.165) is 12.1 Å². The molecular weight excluding hydrogens is 492 g/mol. The second-order valence-corrected chi connectivity index (χ2v) is 8.77. The van der Waals surface area contributed by atoms with Crippen LogP contribution in [0.5, 0.6) is 28.7 Å². The Balaban J connectivity index is 1.75. The van der Waals surface area contributed by atoms with Gasteiger partial charge in [0.05, 0.1) is 17.8 Å². The molecule has 8 nitrogen and oxygen atoms in total. The number of rotatable bonds is 6. The average Bonchev–Trinajstić information content (AvgIpc) is 2.80. The number of methoxy groups -OCH3 is 1. The third-order valence-corrected chi connectivity index (χ3v) is 5.70. The molecule has 0 aliphatic heterocycles. The van der Waals surface area contributed by atoms with Crippen molar-refractivity contribution >= 4 is 23.9 Å². The number of benzene rings is 3. The van der Waals surface area contributed by atoms with Crippen molar-refractivity contribution in [1.82, 2.24) is 0 Å². The minimum atomic E-state index is -5.05. The zero-order chi connectivity index (χ0) is 25.4. The second-order valence-electron chi connectivity index (χ2n) is 7.17. The first-order valence-electron chi connectivity index (χ1n) is 9.80. The van der Waals surface area contributed by atoms with Gasteiger partial charge >= 0.3 is 13.8 Å². The Hall–Kier alpha value is -3.79. The monoisotopic (exact) mass is 508 g/mol. The van der Waals surface area contributed by atoms with Gasteiger partial charge < -0.3 is 28.4 Å². The highest BCUT2D eigenvalue weighted by Crippen LogP contribution is 2.39. The minimum absolute atomic E-state index is 0.0167. The zero-order valence-corrected chi connectivity index (χ0v) is 18.7. The maximum Gasteiger partial charge on any atom is 0.453 e. The molecule has 0 atom stereocenters. The molecule has 0 saturated heterocycles. The average molecular weight is 508 g/mol. The Labute approximate surface area is 195 Å². The number of ether oxygens (including phenoxy) is 3. The molecule has 12 heteroatoms. The highest BCUT2D eigenvalue weighted by Gasteiger charge is 2.40. The summed E-state index contributed by atoms with van der Waals surface area (Å²) in [4.78, 5) is 31.5. The fourth-order valence-corrected chi connectivity index (χ4v) is 3.70. The lowest BCUT2D eigenvalue weighted by molar-refractivity contribution is -0.154. The van der Waals surface area contributed by atoms with E-state index in [9.17, 15) is 32.3 Å². The van der Waals surface area contributed by atoms with Crippen LogP contribution in [0, 0.1) is 0 Å². The summed E-state index contributed by atoms with van der Waals surface area (Å²) in [7, 11) is -3.13. The van der Waals surface area contributed by atoms with Gasteiger partial charge in [-0.25, -0.2) is 0 Å². The Morgan fingerprint density at radius 2 is 1.49 bits per heavy atom. The highest BCUT2D eigenvalue weighted by molar-refractivity contribution is 7.60. The first-order valence-corrected chi connectivity index (χ1v) is 11.4. The normalized spacial score (nSPS) is 11.9. The number of fused-ring (bicyclic) bond motifs is 1. The van der Waals surface area contributed by atoms with Gasteiger partial charge in [-0.2, -0.15) is 13.2 Å². The largest absolute Gasteiger partial charge is 0.497 e. The van der Waals surface area contributed by atoms with Crippen molar-refractivity contribution in [2.24, 2.45) is 0 Å². The molecule has 0 radical (unpaired) electrons. The fraction of sp³-hybridized carbons (Fsp3) is 0.0870. The molecule has 4 aromatic rings. The van der Waals surface area contributed by atoms with Gasteiger partial charge in [-0.3, -0.25) is 9.36 Å². The van der Waals surface area contributed by atoms with Crippen molar-refractivity contribution in [2.45, 2.75) is 6.18 Å². The van der Waals surface area contributed by atoms with E-state index in [1.54, 1.807) is 0 Å². The van der Waals surface area contributed by atoms with Crippen LogP contribution in [0.25, 0.3) is 11.0 Å². The zero-order valence-electron chi connectivity index (χ0n) is 17.8. The molecule has 35 heavy (non-hydrogen) atoms. The third-order valence-electron chi connectivity index (χ3n) is 4.75. The van der Waals surface area contributed by atoms with Crippen LogP contribution in [0.1, 0.15) is 5.76 Å². The summed E-state index contributed by atoms with van der Waals surface area (Å²) in [5.74, 6) is -2.27. The molecule has 0 saturated carbocycles. The molecule has 0 aliphatic carbocycles.